The Kier molecular flexibility index (Phi) is 4.47. The number of benzene rings is 1. The van der Waals surface area contributed by atoms with Gasteiger partial charge in [-0.05, 0) is 5.56 Å². The number of rotatable bonds is 4. The lowest BCUT2D eigenvalue weighted by atomic mass is 10.2. The number of aromatic carboxylic acids is 1. The third kappa shape index (κ3) is 3.03. The molecule has 0 N–H and O–H groups in total. The summed E-state index contributed by atoms with van der Waals surface area (Å²) in [4.78, 5) is 16.4. The molecule has 0 radical (unpaired) electrons. The molecule has 0 aliphatic carbocycles. The van der Waals surface area contributed by atoms with Gasteiger partial charge in [-0.3, -0.25) is 4.98 Å². The normalized spacial score (nSPS) is 10.3. The number of carboxylic acids is 1. The minimum Gasteiger partial charge on any atom is -0.543 e. The largest absolute Gasteiger partial charge is 0.543 e. The maximum atomic E-state index is 10.9. The van der Waals surface area contributed by atoms with Crippen LogP contribution < -0.4 is 10.0 Å². The van der Waals surface area contributed by atoms with Gasteiger partial charge in [0.2, 0.25) is 0 Å². The van der Waals surface area contributed by atoms with Crippen LogP contribution in [0.1, 0.15) is 16.1 Å². The fraction of sp³-hybridized carbons (Fsp3) is 0.143. The molecule has 20 heavy (non-hydrogen) atoms. The maximum Gasteiger partial charge on any atom is 0.106 e. The summed E-state index contributed by atoms with van der Waals surface area (Å²) < 4.78 is 0. The Labute approximate surface area is 126 Å². The van der Waals surface area contributed by atoms with E-state index in [1.807, 2.05) is 30.3 Å². The van der Waals surface area contributed by atoms with Gasteiger partial charge in [-0.25, -0.2) is 0 Å². The zero-order valence-corrected chi connectivity index (χ0v) is 12.1. The van der Waals surface area contributed by atoms with Gasteiger partial charge in [0.05, 0.1) is 21.7 Å². The van der Waals surface area contributed by atoms with Gasteiger partial charge in [0, 0.05) is 19.8 Å². The molecule has 104 valence electrons. The average Bonchev–Trinajstić information content (AvgIpc) is 2.39. The lowest BCUT2D eigenvalue weighted by Crippen LogP contribution is -2.25. The summed E-state index contributed by atoms with van der Waals surface area (Å²) in [6.07, 6.45) is 1.26. The van der Waals surface area contributed by atoms with Gasteiger partial charge in [-0.2, -0.15) is 0 Å². The van der Waals surface area contributed by atoms with E-state index < -0.39 is 5.97 Å². The van der Waals surface area contributed by atoms with E-state index >= 15 is 0 Å². The van der Waals surface area contributed by atoms with Crippen LogP contribution in [0.3, 0.4) is 0 Å². The number of nitrogens with zero attached hydrogens (tertiary/aromatic N) is 2. The third-order valence-electron chi connectivity index (χ3n) is 2.79. The second-order valence-electron chi connectivity index (χ2n) is 4.25. The molecule has 2 rings (SSSR count). The Morgan fingerprint density at radius 2 is 1.95 bits per heavy atom. The second-order valence-corrected chi connectivity index (χ2v) is 5.03. The molecule has 0 saturated carbocycles. The zero-order chi connectivity index (χ0) is 14.7. The van der Waals surface area contributed by atoms with Crippen molar-refractivity contribution in [3.63, 3.8) is 0 Å². The summed E-state index contributed by atoms with van der Waals surface area (Å²) in [5.74, 6) is -1.43. The number of pyridine rings is 1. The van der Waals surface area contributed by atoms with Crippen LogP contribution in [0.5, 0.6) is 0 Å². The van der Waals surface area contributed by atoms with E-state index in [0.717, 1.165) is 5.56 Å². The Morgan fingerprint density at radius 1 is 1.30 bits per heavy atom. The number of carboxylic acid groups (broad SMARTS) is 1. The highest BCUT2D eigenvalue weighted by Crippen LogP contribution is 2.34. The second kappa shape index (κ2) is 6.11. The molecule has 0 aliphatic rings. The summed E-state index contributed by atoms with van der Waals surface area (Å²) in [6, 6.07) is 9.68. The average molecular weight is 310 g/mol. The van der Waals surface area contributed by atoms with Crippen LogP contribution in [0.2, 0.25) is 10.0 Å². The summed E-state index contributed by atoms with van der Waals surface area (Å²) in [6.45, 7) is 0.538. The van der Waals surface area contributed by atoms with Crippen molar-refractivity contribution < 1.29 is 9.90 Å². The highest BCUT2D eigenvalue weighted by Gasteiger charge is 2.16. The number of halogens is 2. The standard InChI is InChI=1S/C14H12Cl2N2O2/c1-18(8-9-5-3-2-4-6-9)13-10(15)7-17-12(11(13)16)14(19)20/h2-7H,8H2,1H3,(H,19,20)/p-1. The summed E-state index contributed by atoms with van der Waals surface area (Å²) in [7, 11) is 1.78. The third-order valence-corrected chi connectivity index (χ3v) is 3.42. The van der Waals surface area contributed by atoms with Crippen LogP contribution in [-0.4, -0.2) is 18.0 Å². The molecular weight excluding hydrogens is 299 g/mol. The van der Waals surface area contributed by atoms with Crippen LogP contribution in [-0.2, 0) is 6.54 Å². The number of anilines is 1. The van der Waals surface area contributed by atoms with Gasteiger partial charge < -0.3 is 14.8 Å². The maximum absolute atomic E-state index is 10.9. The van der Waals surface area contributed by atoms with Crippen LogP contribution in [0.25, 0.3) is 0 Å². The van der Waals surface area contributed by atoms with Crippen molar-refractivity contribution in [1.29, 1.82) is 0 Å². The van der Waals surface area contributed by atoms with Gasteiger partial charge >= 0.3 is 0 Å². The fourth-order valence-corrected chi connectivity index (χ4v) is 2.59. The summed E-state index contributed by atoms with van der Waals surface area (Å²) >= 11 is 12.1. The van der Waals surface area contributed by atoms with Crippen molar-refractivity contribution in [3.05, 3.63) is 57.8 Å². The molecule has 0 unspecified atom stereocenters. The molecular formula is C14H11Cl2N2O2-. The predicted molar refractivity (Wildman–Crippen MR) is 77.1 cm³/mol. The molecule has 1 heterocycles. The van der Waals surface area contributed by atoms with E-state index in [9.17, 15) is 9.90 Å². The number of hydrogen-bond donors (Lipinski definition) is 0. The first-order valence-electron chi connectivity index (χ1n) is 5.81. The lowest BCUT2D eigenvalue weighted by Gasteiger charge is -2.23. The molecule has 6 heteroatoms. The Hall–Kier alpha value is -1.78. The minimum atomic E-state index is -1.43. The van der Waals surface area contributed by atoms with E-state index in [4.69, 9.17) is 23.2 Å². The van der Waals surface area contributed by atoms with Gasteiger partial charge in [0.25, 0.3) is 0 Å². The molecule has 1 aromatic carbocycles. The first kappa shape index (κ1) is 14.6. The molecule has 0 bridgehead atoms. The van der Waals surface area contributed by atoms with Crippen molar-refractivity contribution in [2.75, 3.05) is 11.9 Å². The van der Waals surface area contributed by atoms with Crippen molar-refractivity contribution in [2.45, 2.75) is 6.54 Å². The molecule has 4 nitrogen and oxygen atoms in total. The van der Waals surface area contributed by atoms with E-state index in [-0.39, 0.29) is 10.7 Å². The molecule has 1 aromatic heterocycles. The van der Waals surface area contributed by atoms with Gasteiger partial charge in [-0.15, -0.1) is 0 Å². The van der Waals surface area contributed by atoms with Gasteiger partial charge in [0.1, 0.15) is 5.69 Å². The first-order valence-corrected chi connectivity index (χ1v) is 6.56. The zero-order valence-electron chi connectivity index (χ0n) is 10.6. The quantitative estimate of drug-likeness (QED) is 0.870. The predicted octanol–water partition coefficient (Wildman–Crippen LogP) is 2.39. The van der Waals surface area contributed by atoms with Crippen LogP contribution in [0, 0.1) is 0 Å². The van der Waals surface area contributed by atoms with E-state index in [0.29, 0.717) is 17.3 Å². The molecule has 0 saturated heterocycles. The molecule has 0 spiro atoms. The van der Waals surface area contributed by atoms with Crippen molar-refractivity contribution in [2.24, 2.45) is 0 Å². The van der Waals surface area contributed by atoms with Crippen LogP contribution in [0.15, 0.2) is 36.5 Å². The first-order chi connectivity index (χ1) is 9.50. The van der Waals surface area contributed by atoms with E-state index in [1.165, 1.54) is 6.20 Å². The van der Waals surface area contributed by atoms with Gasteiger partial charge in [-0.1, -0.05) is 53.5 Å². The smallest absolute Gasteiger partial charge is 0.106 e. The Balaban J connectivity index is 2.36. The number of hydrogen-bond acceptors (Lipinski definition) is 4. The van der Waals surface area contributed by atoms with E-state index in [1.54, 1.807) is 11.9 Å². The van der Waals surface area contributed by atoms with Crippen molar-refractivity contribution >= 4 is 34.9 Å². The molecule has 0 aliphatic heterocycles. The minimum absolute atomic E-state index is 0.0177. The van der Waals surface area contributed by atoms with Crippen LogP contribution in [0.4, 0.5) is 5.69 Å². The number of carbonyl (C=O) groups excluding carboxylic acids is 1. The Bertz CT molecular complexity index is 633. The number of aromatic nitrogens is 1. The fourth-order valence-electron chi connectivity index (χ4n) is 1.88. The summed E-state index contributed by atoms with van der Waals surface area (Å²) in [5, 5.41) is 11.2. The Morgan fingerprint density at radius 3 is 2.55 bits per heavy atom. The van der Waals surface area contributed by atoms with E-state index in [2.05, 4.69) is 4.98 Å². The topological polar surface area (TPSA) is 56.3 Å². The van der Waals surface area contributed by atoms with Crippen molar-refractivity contribution in [3.8, 4) is 0 Å². The van der Waals surface area contributed by atoms with Crippen LogP contribution >= 0.6 is 23.2 Å². The highest BCUT2D eigenvalue weighted by atomic mass is 35.5. The summed E-state index contributed by atoms with van der Waals surface area (Å²) in [5.41, 5.74) is 1.16. The van der Waals surface area contributed by atoms with Crippen molar-refractivity contribution in [1.82, 2.24) is 4.98 Å². The lowest BCUT2D eigenvalue weighted by molar-refractivity contribution is -0.255. The number of carbonyl (C=O) groups is 1. The molecule has 2 aromatic rings. The van der Waals surface area contributed by atoms with Gasteiger partial charge in [0.15, 0.2) is 0 Å². The SMILES string of the molecule is CN(Cc1ccccc1)c1c(Cl)cnc(C(=O)[O-])c1Cl. The monoisotopic (exact) mass is 309 g/mol. The molecule has 0 atom stereocenters. The molecule has 0 amide bonds. The molecule has 0 fully saturated rings. The highest BCUT2D eigenvalue weighted by molar-refractivity contribution is 6.40.